The van der Waals surface area contributed by atoms with Crippen molar-refractivity contribution in [2.24, 2.45) is 4.40 Å². The number of hydrogen-bond acceptors (Lipinski definition) is 4. The van der Waals surface area contributed by atoms with E-state index in [0.29, 0.717) is 6.61 Å². The van der Waals surface area contributed by atoms with Crippen LogP contribution in [0.2, 0.25) is 0 Å². The summed E-state index contributed by atoms with van der Waals surface area (Å²) in [6.07, 6.45) is 2.62. The number of sulfonamides is 1. The standard InChI is InChI=1S/C7H9NO4S/c9-13(10)5-6(4-8-13)12-7-2-1-3-11-7/h4-5,7H,1-3H2. The van der Waals surface area contributed by atoms with Crippen LogP contribution in [0.1, 0.15) is 12.8 Å². The van der Waals surface area contributed by atoms with Crippen LogP contribution >= 0.6 is 0 Å². The summed E-state index contributed by atoms with van der Waals surface area (Å²) in [5.74, 6) is 0.256. The fraction of sp³-hybridized carbons (Fsp3) is 0.571. The number of ether oxygens (including phenoxy) is 2. The van der Waals surface area contributed by atoms with Crippen molar-refractivity contribution in [3.8, 4) is 0 Å². The topological polar surface area (TPSA) is 65.0 Å². The number of nitrogens with zero attached hydrogens (tertiary/aromatic N) is 1. The molecule has 0 radical (unpaired) electrons. The van der Waals surface area contributed by atoms with E-state index >= 15 is 0 Å². The zero-order valence-corrected chi connectivity index (χ0v) is 7.66. The molecule has 0 aliphatic carbocycles. The molecule has 0 N–H and O–H groups in total. The molecule has 72 valence electrons. The van der Waals surface area contributed by atoms with E-state index < -0.39 is 10.0 Å². The predicted molar refractivity (Wildman–Crippen MR) is 45.6 cm³/mol. The van der Waals surface area contributed by atoms with Crippen molar-refractivity contribution in [1.29, 1.82) is 0 Å². The number of hydrogen-bond donors (Lipinski definition) is 0. The van der Waals surface area contributed by atoms with E-state index in [-0.39, 0.29) is 12.0 Å². The third-order valence-corrected chi connectivity index (χ3v) is 2.68. The highest BCUT2D eigenvalue weighted by Gasteiger charge is 2.21. The monoisotopic (exact) mass is 203 g/mol. The van der Waals surface area contributed by atoms with Gasteiger partial charge in [0.15, 0.2) is 12.0 Å². The van der Waals surface area contributed by atoms with Crippen LogP contribution < -0.4 is 0 Å². The molecule has 1 unspecified atom stereocenters. The van der Waals surface area contributed by atoms with E-state index in [1.165, 1.54) is 6.21 Å². The minimum atomic E-state index is -3.41. The molecule has 0 spiro atoms. The first-order chi connectivity index (χ1) is 6.16. The molecule has 0 aromatic heterocycles. The second-order valence-electron chi connectivity index (χ2n) is 2.83. The summed E-state index contributed by atoms with van der Waals surface area (Å²) in [6, 6.07) is 0. The molecule has 1 atom stereocenters. The molecule has 2 heterocycles. The first-order valence-corrected chi connectivity index (χ1v) is 5.46. The van der Waals surface area contributed by atoms with E-state index in [0.717, 1.165) is 18.2 Å². The Balaban J connectivity index is 2.00. The maximum Gasteiger partial charge on any atom is 0.279 e. The highest BCUT2D eigenvalue weighted by atomic mass is 32.2. The van der Waals surface area contributed by atoms with Crippen molar-refractivity contribution in [3.05, 3.63) is 11.2 Å². The Hall–Kier alpha value is -0.880. The Labute approximate surface area is 76.1 Å². The van der Waals surface area contributed by atoms with Crippen LogP contribution in [0.3, 0.4) is 0 Å². The van der Waals surface area contributed by atoms with Crippen molar-refractivity contribution in [2.75, 3.05) is 6.61 Å². The Morgan fingerprint density at radius 3 is 3.00 bits per heavy atom. The molecular formula is C7H9NO4S. The third-order valence-electron chi connectivity index (χ3n) is 1.75. The largest absolute Gasteiger partial charge is 0.462 e. The first kappa shape index (κ1) is 8.71. The summed E-state index contributed by atoms with van der Waals surface area (Å²) in [5, 5.41) is 0.995. The van der Waals surface area contributed by atoms with Crippen LogP contribution in [-0.4, -0.2) is 27.5 Å². The van der Waals surface area contributed by atoms with Crippen LogP contribution in [0.5, 0.6) is 0 Å². The molecular weight excluding hydrogens is 194 g/mol. The average Bonchev–Trinajstić information content (AvgIpc) is 2.61. The van der Waals surface area contributed by atoms with Gasteiger partial charge in [-0.3, -0.25) is 0 Å². The van der Waals surface area contributed by atoms with E-state index in [1.54, 1.807) is 0 Å². The minimum Gasteiger partial charge on any atom is -0.462 e. The molecule has 0 aromatic carbocycles. The van der Waals surface area contributed by atoms with Crippen molar-refractivity contribution >= 4 is 16.2 Å². The van der Waals surface area contributed by atoms with E-state index in [9.17, 15) is 8.42 Å². The van der Waals surface area contributed by atoms with Gasteiger partial charge in [0.25, 0.3) is 10.0 Å². The van der Waals surface area contributed by atoms with Gasteiger partial charge in [0.1, 0.15) is 0 Å². The van der Waals surface area contributed by atoms with Gasteiger partial charge in [0.2, 0.25) is 0 Å². The molecule has 0 bridgehead atoms. The van der Waals surface area contributed by atoms with Crippen LogP contribution in [0.4, 0.5) is 0 Å². The smallest absolute Gasteiger partial charge is 0.279 e. The van der Waals surface area contributed by atoms with Crippen molar-refractivity contribution in [1.82, 2.24) is 0 Å². The van der Waals surface area contributed by atoms with Crippen molar-refractivity contribution < 1.29 is 17.9 Å². The third kappa shape index (κ3) is 2.07. The average molecular weight is 203 g/mol. The van der Waals surface area contributed by atoms with Gasteiger partial charge in [-0.1, -0.05) is 0 Å². The fourth-order valence-electron chi connectivity index (χ4n) is 1.18. The SMILES string of the molecule is O=S1(=O)C=C(OC2CCCO2)C=N1. The Bertz CT molecular complexity index is 351. The summed E-state index contributed by atoms with van der Waals surface area (Å²) in [4.78, 5) is 0. The molecule has 0 amide bonds. The number of rotatable bonds is 2. The Morgan fingerprint density at radius 1 is 1.62 bits per heavy atom. The normalized spacial score (nSPS) is 30.5. The van der Waals surface area contributed by atoms with Crippen molar-refractivity contribution in [2.45, 2.75) is 19.1 Å². The molecule has 2 rings (SSSR count). The summed E-state index contributed by atoms with van der Waals surface area (Å²) in [7, 11) is -3.41. The minimum absolute atomic E-state index is 0.256. The fourth-order valence-corrected chi connectivity index (χ4v) is 1.91. The van der Waals surface area contributed by atoms with E-state index in [4.69, 9.17) is 9.47 Å². The second kappa shape index (κ2) is 3.12. The highest BCUT2D eigenvalue weighted by Crippen LogP contribution is 2.18. The molecule has 13 heavy (non-hydrogen) atoms. The maximum absolute atomic E-state index is 10.8. The highest BCUT2D eigenvalue weighted by molar-refractivity contribution is 7.93. The molecule has 0 saturated carbocycles. The lowest BCUT2D eigenvalue weighted by Crippen LogP contribution is -2.09. The zero-order chi connectivity index (χ0) is 9.31. The lowest BCUT2D eigenvalue weighted by atomic mass is 10.4. The Morgan fingerprint density at radius 2 is 2.46 bits per heavy atom. The van der Waals surface area contributed by atoms with Gasteiger partial charge in [-0.2, -0.15) is 12.8 Å². The summed E-state index contributed by atoms with van der Waals surface area (Å²) in [6.45, 7) is 0.668. The Kier molecular flexibility index (Phi) is 2.09. The lowest BCUT2D eigenvalue weighted by Gasteiger charge is -2.10. The van der Waals surface area contributed by atoms with Crippen LogP contribution in [0.25, 0.3) is 0 Å². The maximum atomic E-state index is 10.8. The second-order valence-corrected chi connectivity index (χ2v) is 4.31. The first-order valence-electron chi connectivity index (χ1n) is 3.96. The predicted octanol–water partition coefficient (Wildman–Crippen LogP) is 0.395. The molecule has 1 saturated heterocycles. The van der Waals surface area contributed by atoms with Gasteiger partial charge in [0.05, 0.1) is 18.2 Å². The van der Waals surface area contributed by atoms with Crippen LogP contribution in [0.15, 0.2) is 15.6 Å². The van der Waals surface area contributed by atoms with Gasteiger partial charge in [-0.15, -0.1) is 0 Å². The van der Waals surface area contributed by atoms with Gasteiger partial charge < -0.3 is 9.47 Å². The van der Waals surface area contributed by atoms with Crippen molar-refractivity contribution in [3.63, 3.8) is 0 Å². The molecule has 1 fully saturated rings. The van der Waals surface area contributed by atoms with Crippen LogP contribution in [0, 0.1) is 0 Å². The molecule has 0 aromatic rings. The van der Waals surface area contributed by atoms with Gasteiger partial charge in [-0.05, 0) is 6.42 Å². The summed E-state index contributed by atoms with van der Waals surface area (Å²) >= 11 is 0. The van der Waals surface area contributed by atoms with Crippen LogP contribution in [-0.2, 0) is 19.5 Å². The van der Waals surface area contributed by atoms with Gasteiger partial charge in [-0.25, -0.2) is 0 Å². The summed E-state index contributed by atoms with van der Waals surface area (Å²) in [5.41, 5.74) is 0. The molecule has 6 heteroatoms. The quantitative estimate of drug-likeness (QED) is 0.651. The molecule has 2 aliphatic rings. The van der Waals surface area contributed by atoms with E-state index in [1.807, 2.05) is 0 Å². The van der Waals surface area contributed by atoms with Gasteiger partial charge in [0, 0.05) is 6.42 Å². The molecule has 2 aliphatic heterocycles. The van der Waals surface area contributed by atoms with Gasteiger partial charge >= 0.3 is 0 Å². The lowest BCUT2D eigenvalue weighted by molar-refractivity contribution is -0.0735. The summed E-state index contributed by atoms with van der Waals surface area (Å²) < 4.78 is 35.3. The molecule has 5 nitrogen and oxygen atoms in total. The number of allylic oxidation sites excluding steroid dienone is 1. The zero-order valence-electron chi connectivity index (χ0n) is 6.84. The van der Waals surface area contributed by atoms with E-state index in [2.05, 4.69) is 4.40 Å².